The van der Waals surface area contributed by atoms with E-state index in [9.17, 15) is 44.3 Å². The van der Waals surface area contributed by atoms with Crippen LogP contribution in [0.1, 0.15) is 13.3 Å². The molecule has 0 aromatic carbocycles. The van der Waals surface area contributed by atoms with Gasteiger partial charge in [-0.05, 0) is 6.92 Å². The molecule has 0 saturated carbocycles. The summed E-state index contributed by atoms with van der Waals surface area (Å²) < 4.78 is 114. The Kier molecular flexibility index (Phi) is 6.16. The predicted molar refractivity (Wildman–Crippen MR) is 57.5 cm³/mol. The molecule has 0 heterocycles. The molecule has 0 aliphatic carbocycles. The molecule has 136 valence electrons. The van der Waals surface area contributed by atoms with Crippen LogP contribution in [-0.2, 0) is 4.79 Å². The number of alkyl halides is 9. The molecule has 0 radical (unpaired) electrons. The van der Waals surface area contributed by atoms with Gasteiger partial charge in [0, 0.05) is 24.5 Å². The second-order valence-electron chi connectivity index (χ2n) is 4.65. The van der Waals surface area contributed by atoms with Crippen molar-refractivity contribution in [3.63, 3.8) is 0 Å². The van der Waals surface area contributed by atoms with Crippen molar-refractivity contribution in [1.82, 2.24) is 0 Å². The topological polar surface area (TPSA) is 57.5 Å². The van der Waals surface area contributed by atoms with Crippen LogP contribution in [0.15, 0.2) is 11.6 Å². The van der Waals surface area contributed by atoms with Crippen LogP contribution in [0.5, 0.6) is 0 Å². The first-order valence-corrected chi connectivity index (χ1v) is 5.74. The summed E-state index contributed by atoms with van der Waals surface area (Å²) in [5, 5.41) is 17.2. The first-order valence-electron chi connectivity index (χ1n) is 5.74. The van der Waals surface area contributed by atoms with E-state index in [4.69, 9.17) is 10.2 Å². The predicted octanol–water partition coefficient (Wildman–Crippen LogP) is 3.48. The van der Waals surface area contributed by atoms with Gasteiger partial charge in [-0.2, -0.15) is 39.5 Å². The van der Waals surface area contributed by atoms with E-state index in [1.807, 2.05) is 0 Å². The van der Waals surface area contributed by atoms with Crippen molar-refractivity contribution in [2.45, 2.75) is 37.3 Å². The van der Waals surface area contributed by atoms with Crippen molar-refractivity contribution in [3.05, 3.63) is 11.6 Å². The van der Waals surface area contributed by atoms with Gasteiger partial charge >= 0.3 is 29.9 Å². The fraction of sp³-hybridized carbons (Fsp3) is 0.727. The Morgan fingerprint density at radius 1 is 1.00 bits per heavy atom. The van der Waals surface area contributed by atoms with Crippen LogP contribution in [0.25, 0.3) is 0 Å². The molecular weight excluding hydrogens is 351 g/mol. The van der Waals surface area contributed by atoms with Crippen LogP contribution in [-0.4, -0.2) is 46.7 Å². The zero-order valence-electron chi connectivity index (χ0n) is 11.3. The number of hydrogen-bond donors (Lipinski definition) is 2. The highest BCUT2D eigenvalue weighted by molar-refractivity contribution is 5.85. The summed E-state index contributed by atoms with van der Waals surface area (Å²) in [6.07, 6.45) is -8.88. The molecule has 1 unspecified atom stereocenters. The molecule has 3 nitrogen and oxygen atoms in total. The minimum absolute atomic E-state index is 0.359. The summed E-state index contributed by atoms with van der Waals surface area (Å²) in [4.78, 5) is 10.4. The highest BCUT2D eigenvalue weighted by atomic mass is 19.4. The number of aliphatic hydroxyl groups is 1. The van der Waals surface area contributed by atoms with Gasteiger partial charge in [-0.1, -0.05) is 6.08 Å². The van der Waals surface area contributed by atoms with E-state index < -0.39 is 54.4 Å². The second-order valence-corrected chi connectivity index (χ2v) is 4.65. The third kappa shape index (κ3) is 4.30. The number of aliphatic carboxylic acids is 1. The zero-order valence-corrected chi connectivity index (χ0v) is 11.3. The van der Waals surface area contributed by atoms with Crippen LogP contribution in [0.4, 0.5) is 39.5 Å². The number of carboxylic acids is 1. The van der Waals surface area contributed by atoms with Gasteiger partial charge < -0.3 is 10.2 Å². The quantitative estimate of drug-likeness (QED) is 0.539. The molecule has 0 rings (SSSR count). The summed E-state index contributed by atoms with van der Waals surface area (Å²) in [5.41, 5.74) is -0.689. The van der Waals surface area contributed by atoms with Crippen LogP contribution >= 0.6 is 0 Å². The molecule has 0 spiro atoms. The monoisotopic (exact) mass is 362 g/mol. The summed E-state index contributed by atoms with van der Waals surface area (Å²) in [6, 6.07) is 0. The normalized spacial score (nSPS) is 16.4. The summed E-state index contributed by atoms with van der Waals surface area (Å²) in [6.45, 7) is -0.542. The van der Waals surface area contributed by atoms with E-state index in [-0.39, 0.29) is 0 Å². The van der Waals surface area contributed by atoms with E-state index in [1.165, 1.54) is 0 Å². The van der Waals surface area contributed by atoms with Crippen molar-refractivity contribution in [2.75, 3.05) is 6.61 Å². The van der Waals surface area contributed by atoms with E-state index in [2.05, 4.69) is 0 Å². The standard InChI is InChI=1S/C11H11F9O3/c1-5(7(22)23)2-6(4-21)3-8(12,13)9(14,15)10(16,17)11(18,19)20/h2,6,21H,3-4H2,1H3,(H,22,23). The van der Waals surface area contributed by atoms with Gasteiger partial charge in [-0.25, -0.2) is 4.79 Å². The maximum Gasteiger partial charge on any atom is 0.460 e. The Balaban J connectivity index is 5.62. The second kappa shape index (κ2) is 6.57. The highest BCUT2D eigenvalue weighted by Gasteiger charge is 2.81. The van der Waals surface area contributed by atoms with Crippen LogP contribution in [0.3, 0.4) is 0 Å². The first-order chi connectivity index (χ1) is 10.0. The van der Waals surface area contributed by atoms with Gasteiger partial charge in [0.15, 0.2) is 0 Å². The number of carbonyl (C=O) groups is 1. The smallest absolute Gasteiger partial charge is 0.460 e. The van der Waals surface area contributed by atoms with Gasteiger partial charge in [0.1, 0.15) is 0 Å². The van der Waals surface area contributed by atoms with Crippen LogP contribution < -0.4 is 0 Å². The summed E-state index contributed by atoms with van der Waals surface area (Å²) in [7, 11) is 0. The molecule has 0 saturated heterocycles. The molecule has 2 N–H and O–H groups in total. The van der Waals surface area contributed by atoms with Gasteiger partial charge in [0.2, 0.25) is 0 Å². The number of carboxylic acid groups (broad SMARTS) is 1. The van der Waals surface area contributed by atoms with Crippen molar-refractivity contribution in [1.29, 1.82) is 0 Å². The van der Waals surface area contributed by atoms with E-state index >= 15 is 0 Å². The Morgan fingerprint density at radius 3 is 1.74 bits per heavy atom. The molecule has 0 fully saturated rings. The lowest BCUT2D eigenvalue weighted by Crippen LogP contribution is -2.61. The van der Waals surface area contributed by atoms with E-state index in [0.29, 0.717) is 6.08 Å². The van der Waals surface area contributed by atoms with Gasteiger partial charge in [0.25, 0.3) is 0 Å². The Morgan fingerprint density at radius 2 is 1.43 bits per heavy atom. The molecule has 23 heavy (non-hydrogen) atoms. The van der Waals surface area contributed by atoms with Crippen molar-refractivity contribution in [2.24, 2.45) is 5.92 Å². The molecule has 0 aliphatic heterocycles. The number of aliphatic hydroxyl groups excluding tert-OH is 1. The molecular formula is C11H11F9O3. The Hall–Kier alpha value is -1.46. The molecule has 0 aliphatic rings. The zero-order chi connectivity index (χ0) is 18.9. The minimum Gasteiger partial charge on any atom is -0.478 e. The van der Waals surface area contributed by atoms with E-state index in [0.717, 1.165) is 6.92 Å². The number of halogens is 9. The largest absolute Gasteiger partial charge is 0.478 e. The molecule has 0 aromatic rings. The maximum absolute atomic E-state index is 13.3. The van der Waals surface area contributed by atoms with Crippen molar-refractivity contribution < 1.29 is 54.5 Å². The van der Waals surface area contributed by atoms with Gasteiger partial charge in [-0.3, -0.25) is 0 Å². The van der Waals surface area contributed by atoms with Crippen molar-refractivity contribution in [3.8, 4) is 0 Å². The fourth-order valence-electron chi connectivity index (χ4n) is 1.47. The van der Waals surface area contributed by atoms with Gasteiger partial charge in [0.05, 0.1) is 0 Å². The molecule has 0 aromatic heterocycles. The third-order valence-electron chi connectivity index (χ3n) is 2.79. The molecule has 0 amide bonds. The Bertz CT molecular complexity index is 468. The van der Waals surface area contributed by atoms with Gasteiger partial charge in [-0.15, -0.1) is 0 Å². The molecule has 1 atom stereocenters. The molecule has 12 heteroatoms. The summed E-state index contributed by atoms with van der Waals surface area (Å²) >= 11 is 0. The van der Waals surface area contributed by atoms with Crippen LogP contribution in [0.2, 0.25) is 0 Å². The van der Waals surface area contributed by atoms with E-state index in [1.54, 1.807) is 0 Å². The average Bonchev–Trinajstić information content (AvgIpc) is 2.35. The lowest BCUT2D eigenvalue weighted by atomic mass is 9.92. The summed E-state index contributed by atoms with van der Waals surface area (Å²) in [5.74, 6) is -23.4. The fourth-order valence-corrected chi connectivity index (χ4v) is 1.47. The van der Waals surface area contributed by atoms with Crippen LogP contribution in [0, 0.1) is 5.92 Å². The van der Waals surface area contributed by atoms with Crippen molar-refractivity contribution >= 4 is 5.97 Å². The first kappa shape index (κ1) is 21.5. The number of rotatable bonds is 7. The third-order valence-corrected chi connectivity index (χ3v) is 2.79. The highest BCUT2D eigenvalue weighted by Crippen LogP contribution is 2.54. The molecule has 0 bridgehead atoms. The minimum atomic E-state index is -7.02. The maximum atomic E-state index is 13.3. The lowest BCUT2D eigenvalue weighted by molar-refractivity contribution is -0.397. The average molecular weight is 362 g/mol. The SMILES string of the molecule is CC(=CC(CO)CC(F)(F)C(F)(F)C(F)(F)C(F)(F)F)C(=O)O. The number of hydrogen-bond acceptors (Lipinski definition) is 2. The Labute approximate surface area is 123 Å². The lowest BCUT2D eigenvalue weighted by Gasteiger charge is -2.34.